The van der Waals surface area contributed by atoms with Crippen molar-refractivity contribution >= 4 is 68.5 Å². The molecule has 4 heteroatoms. The van der Waals surface area contributed by atoms with Crippen LogP contribution < -0.4 is 9.80 Å². The van der Waals surface area contributed by atoms with Crippen LogP contribution in [0.4, 0.5) is 28.4 Å². The fraction of sp³-hybridized carbons (Fsp3) is 0.114. The van der Waals surface area contributed by atoms with E-state index in [9.17, 15) is 0 Å². The standard InChI is InChI=1S/C79H64N4/c1-5-53-27-43-75-69(47-53)71-49-63(39-45-77(71)82(75)59-23-15-9-16-24-59)80(61-33-29-57(30-34-61)55-19-11-7-12-20-55)65-37-41-67-68-42-38-66(52-74(68)79(3,4)73(67)51-65)81(62-35-31-58(32-36-62)56-21-13-8-14-22-56)64-40-46-78-72(50-64)70-48-54(6-2)28-44-76(70)83(78)60-25-17-10-18-26-60/h5-21,23-26,28-39,41-42,44-45,47-52,56H,1-2,22,27,40,43,46H2,3-4H3. The lowest BCUT2D eigenvalue weighted by atomic mass is 9.82. The quantitative estimate of drug-likeness (QED) is 0.121. The Morgan fingerprint density at radius 3 is 1.63 bits per heavy atom. The lowest BCUT2D eigenvalue weighted by Crippen LogP contribution is -2.21. The Kier molecular flexibility index (Phi) is 12.2. The Morgan fingerprint density at radius 1 is 0.470 bits per heavy atom. The van der Waals surface area contributed by atoms with Crippen LogP contribution in [0.3, 0.4) is 0 Å². The largest absolute Gasteiger partial charge is 0.314 e. The topological polar surface area (TPSA) is 16.3 Å². The molecule has 0 aliphatic heterocycles. The second kappa shape index (κ2) is 20.3. The molecule has 0 bridgehead atoms. The number of aromatic nitrogens is 2. The Hall–Kier alpha value is -9.90. The van der Waals surface area contributed by atoms with Gasteiger partial charge in [-0.3, -0.25) is 0 Å². The predicted molar refractivity (Wildman–Crippen MR) is 351 cm³/mol. The highest BCUT2D eigenvalue weighted by atomic mass is 15.2. The molecule has 9 aromatic carbocycles. The molecule has 400 valence electrons. The number of anilines is 5. The van der Waals surface area contributed by atoms with Crippen molar-refractivity contribution in [3.8, 4) is 33.6 Å². The van der Waals surface area contributed by atoms with Crippen molar-refractivity contribution in [2.24, 2.45) is 0 Å². The van der Waals surface area contributed by atoms with Crippen LogP contribution >= 0.6 is 0 Å². The van der Waals surface area contributed by atoms with E-state index in [-0.39, 0.29) is 5.41 Å². The molecule has 1 atom stereocenters. The highest BCUT2D eigenvalue weighted by Crippen LogP contribution is 2.53. The summed E-state index contributed by atoms with van der Waals surface area (Å²) in [5, 5.41) is 2.49. The molecule has 0 amide bonds. The normalized spacial score (nSPS) is 15.5. The first kappa shape index (κ1) is 50.1. The van der Waals surface area contributed by atoms with Gasteiger partial charge in [-0.05, 0) is 197 Å². The molecule has 0 fully saturated rings. The zero-order chi connectivity index (χ0) is 55.8. The predicted octanol–water partition coefficient (Wildman–Crippen LogP) is 20.9. The summed E-state index contributed by atoms with van der Waals surface area (Å²) in [4.78, 5) is 5.01. The van der Waals surface area contributed by atoms with E-state index in [2.05, 4.69) is 295 Å². The zero-order valence-corrected chi connectivity index (χ0v) is 47.1. The van der Waals surface area contributed by atoms with Crippen molar-refractivity contribution in [2.75, 3.05) is 9.80 Å². The number of hydrogen-bond acceptors (Lipinski definition) is 2. The summed E-state index contributed by atoms with van der Waals surface area (Å²) in [6, 6.07) is 79.2. The average Bonchev–Trinajstić information content (AvgIpc) is 3.00. The van der Waals surface area contributed by atoms with Gasteiger partial charge in [0.25, 0.3) is 0 Å². The second-order valence-electron chi connectivity index (χ2n) is 23.2. The van der Waals surface area contributed by atoms with E-state index < -0.39 is 0 Å². The average molecular weight is 1070 g/mol. The molecular weight excluding hydrogens is 1000 g/mol. The SMILES string of the molecule is C=CC1=Cc2c(n(-c3ccccc3)c3ccc(N(c4ccc(-c5ccccc5)cc4)c4ccc5c(c4)C(C)(C)c4cc(N(C6=Cc7c(n(-c8ccccc8)c8ccc(C=C)cc78)CC6)c6ccc(C7C=CC=CC7)cc6)ccc4-5)cc23)CC1. The van der Waals surface area contributed by atoms with E-state index in [0.717, 1.165) is 60.4 Å². The minimum Gasteiger partial charge on any atom is -0.314 e. The molecule has 15 rings (SSSR count). The van der Waals surface area contributed by atoms with Gasteiger partial charge in [0.1, 0.15) is 0 Å². The molecule has 83 heavy (non-hydrogen) atoms. The lowest BCUT2D eigenvalue weighted by molar-refractivity contribution is 0.660. The van der Waals surface area contributed by atoms with Crippen LogP contribution in [0, 0.1) is 0 Å². The highest BCUT2D eigenvalue weighted by molar-refractivity contribution is 5.99. The van der Waals surface area contributed by atoms with E-state index >= 15 is 0 Å². The first-order chi connectivity index (χ1) is 40.8. The molecule has 4 aliphatic rings. The third-order valence-corrected chi connectivity index (χ3v) is 18.2. The number of fused-ring (bicyclic) bond motifs is 9. The lowest BCUT2D eigenvalue weighted by Gasteiger charge is -2.32. The van der Waals surface area contributed by atoms with Gasteiger partial charge in [-0.25, -0.2) is 0 Å². The zero-order valence-electron chi connectivity index (χ0n) is 47.1. The Balaban J connectivity index is 0.858. The van der Waals surface area contributed by atoms with Gasteiger partial charge in [-0.2, -0.15) is 0 Å². The molecule has 2 aromatic heterocycles. The third-order valence-electron chi connectivity index (χ3n) is 18.2. The summed E-state index contributed by atoms with van der Waals surface area (Å²) in [6.07, 6.45) is 22.5. The fourth-order valence-electron chi connectivity index (χ4n) is 14.0. The molecular formula is C79H64N4. The molecule has 4 nitrogen and oxygen atoms in total. The van der Waals surface area contributed by atoms with Crippen LogP contribution in [0.25, 0.3) is 73.7 Å². The molecule has 0 saturated carbocycles. The van der Waals surface area contributed by atoms with Crippen LogP contribution in [0.2, 0.25) is 0 Å². The van der Waals surface area contributed by atoms with Crippen LogP contribution in [-0.2, 0) is 18.3 Å². The number of benzene rings is 9. The number of rotatable bonds is 12. The van der Waals surface area contributed by atoms with Crippen molar-refractivity contribution in [2.45, 2.75) is 57.3 Å². The molecule has 11 aromatic rings. The third kappa shape index (κ3) is 8.51. The van der Waals surface area contributed by atoms with Crippen LogP contribution in [0.15, 0.2) is 267 Å². The smallest absolute Gasteiger partial charge is 0.0539 e. The molecule has 0 saturated heterocycles. The summed E-state index contributed by atoms with van der Waals surface area (Å²) < 4.78 is 4.95. The van der Waals surface area contributed by atoms with E-state index in [4.69, 9.17) is 0 Å². The van der Waals surface area contributed by atoms with Gasteiger partial charge in [-0.1, -0.05) is 173 Å². The van der Waals surface area contributed by atoms with Crippen molar-refractivity contribution < 1.29 is 0 Å². The molecule has 0 spiro atoms. The van der Waals surface area contributed by atoms with Gasteiger partial charge < -0.3 is 18.9 Å². The van der Waals surface area contributed by atoms with E-state index in [1.54, 1.807) is 0 Å². The Labute approximate surface area is 487 Å². The Bertz CT molecular complexity index is 4500. The van der Waals surface area contributed by atoms with Crippen LogP contribution in [-0.4, -0.2) is 9.13 Å². The van der Waals surface area contributed by atoms with Crippen LogP contribution in [0.1, 0.15) is 83.8 Å². The van der Waals surface area contributed by atoms with Crippen molar-refractivity contribution in [3.63, 3.8) is 0 Å². The van der Waals surface area contributed by atoms with Gasteiger partial charge in [0.05, 0.1) is 11.0 Å². The van der Waals surface area contributed by atoms with E-state index in [0.29, 0.717) is 5.92 Å². The summed E-state index contributed by atoms with van der Waals surface area (Å²) in [6.45, 7) is 13.2. The van der Waals surface area contributed by atoms with E-state index in [1.807, 2.05) is 12.2 Å². The van der Waals surface area contributed by atoms with Crippen molar-refractivity contribution in [1.82, 2.24) is 9.13 Å². The minimum absolute atomic E-state index is 0.323. The van der Waals surface area contributed by atoms with Gasteiger partial charge in [0, 0.05) is 90.1 Å². The second-order valence-corrected chi connectivity index (χ2v) is 23.2. The molecule has 0 N–H and O–H groups in total. The minimum atomic E-state index is -0.323. The fourth-order valence-corrected chi connectivity index (χ4v) is 14.0. The maximum absolute atomic E-state index is 4.21. The summed E-state index contributed by atoms with van der Waals surface area (Å²) >= 11 is 0. The maximum Gasteiger partial charge on any atom is 0.0539 e. The van der Waals surface area contributed by atoms with Gasteiger partial charge in [0.2, 0.25) is 0 Å². The summed E-state index contributed by atoms with van der Waals surface area (Å²) in [7, 11) is 0. The maximum atomic E-state index is 4.21. The van der Waals surface area contributed by atoms with Gasteiger partial charge in [0.15, 0.2) is 0 Å². The number of hydrogen-bond donors (Lipinski definition) is 0. The highest BCUT2D eigenvalue weighted by Gasteiger charge is 2.38. The number of allylic oxidation sites excluding steroid dienone is 7. The monoisotopic (exact) mass is 1070 g/mol. The first-order valence-electron chi connectivity index (χ1n) is 29.4. The first-order valence-corrected chi connectivity index (χ1v) is 29.4. The molecule has 4 aliphatic carbocycles. The summed E-state index contributed by atoms with van der Waals surface area (Å²) in [5.41, 5.74) is 28.0. The molecule has 1 unspecified atom stereocenters. The Morgan fingerprint density at radius 2 is 1.00 bits per heavy atom. The van der Waals surface area contributed by atoms with Crippen molar-refractivity contribution in [1.29, 1.82) is 0 Å². The van der Waals surface area contributed by atoms with Crippen LogP contribution in [0.5, 0.6) is 0 Å². The van der Waals surface area contributed by atoms with E-state index in [1.165, 1.54) is 112 Å². The molecule has 2 heterocycles. The van der Waals surface area contributed by atoms with Gasteiger partial charge in [-0.15, -0.1) is 0 Å². The summed E-state index contributed by atoms with van der Waals surface area (Å²) in [5.74, 6) is 0.369. The molecule has 0 radical (unpaired) electrons. The van der Waals surface area contributed by atoms with Crippen molar-refractivity contribution in [3.05, 3.63) is 312 Å². The number of para-hydroxylation sites is 2. The number of nitrogens with zero attached hydrogens (tertiary/aromatic N) is 4. The van der Waals surface area contributed by atoms with Gasteiger partial charge >= 0.3 is 0 Å².